The second kappa shape index (κ2) is 4.82. The van der Waals surface area contributed by atoms with Crippen LogP contribution in [0, 0.1) is 6.92 Å². The van der Waals surface area contributed by atoms with Gasteiger partial charge in [-0.05, 0) is 54.8 Å². The number of nitrogens with zero attached hydrogens (tertiary/aromatic N) is 1. The number of rotatable bonds is 2. The fourth-order valence-corrected chi connectivity index (χ4v) is 3.47. The molecule has 0 unspecified atom stereocenters. The minimum Gasteiger partial charge on any atom is -0.287 e. The fourth-order valence-electron chi connectivity index (χ4n) is 2.03. The molecule has 1 aromatic heterocycles. The molecular formula is C15H12BrNS. The minimum atomic E-state index is 1.13. The van der Waals surface area contributed by atoms with Crippen molar-refractivity contribution >= 4 is 38.8 Å². The average Bonchev–Trinajstić information content (AvgIpc) is 2.74. The van der Waals surface area contributed by atoms with Gasteiger partial charge in [0.05, 0.1) is 5.52 Å². The van der Waals surface area contributed by atoms with E-state index in [1.54, 1.807) is 11.9 Å². The molecule has 0 radical (unpaired) electrons. The SMILES string of the molecule is Cc1cc(Br)cc2c1ccn2Sc1ccccc1. The highest BCUT2D eigenvalue weighted by atomic mass is 79.9. The van der Waals surface area contributed by atoms with Crippen molar-refractivity contribution in [2.75, 3.05) is 0 Å². The second-order valence-corrected chi connectivity index (χ2v) is 6.16. The largest absolute Gasteiger partial charge is 0.287 e. The first-order valence-corrected chi connectivity index (χ1v) is 7.31. The summed E-state index contributed by atoms with van der Waals surface area (Å²) < 4.78 is 3.34. The third-order valence-electron chi connectivity index (χ3n) is 2.89. The topological polar surface area (TPSA) is 4.93 Å². The number of hydrogen-bond acceptors (Lipinski definition) is 1. The van der Waals surface area contributed by atoms with E-state index >= 15 is 0 Å². The van der Waals surface area contributed by atoms with Crippen molar-refractivity contribution in [1.29, 1.82) is 0 Å². The molecule has 0 saturated carbocycles. The van der Waals surface area contributed by atoms with Gasteiger partial charge in [-0.1, -0.05) is 34.1 Å². The summed E-state index contributed by atoms with van der Waals surface area (Å²) in [6.07, 6.45) is 2.13. The molecule has 1 heterocycles. The van der Waals surface area contributed by atoms with Gasteiger partial charge in [-0.3, -0.25) is 3.97 Å². The standard InChI is InChI=1S/C15H12BrNS/c1-11-9-12(16)10-15-14(11)7-8-17(15)18-13-5-3-2-4-6-13/h2-10H,1H3. The van der Waals surface area contributed by atoms with Crippen LogP contribution in [-0.4, -0.2) is 3.97 Å². The average molecular weight is 318 g/mol. The predicted octanol–water partition coefficient (Wildman–Crippen LogP) is 5.27. The van der Waals surface area contributed by atoms with Gasteiger partial charge >= 0.3 is 0 Å². The van der Waals surface area contributed by atoms with Crippen molar-refractivity contribution in [3.05, 3.63) is 64.8 Å². The number of halogens is 1. The van der Waals surface area contributed by atoms with E-state index in [0.29, 0.717) is 0 Å². The van der Waals surface area contributed by atoms with Crippen LogP contribution in [0.25, 0.3) is 10.9 Å². The molecule has 0 bridgehead atoms. The quantitative estimate of drug-likeness (QED) is 0.623. The molecule has 2 aromatic carbocycles. The van der Waals surface area contributed by atoms with E-state index in [9.17, 15) is 0 Å². The van der Waals surface area contributed by atoms with Crippen LogP contribution in [0.5, 0.6) is 0 Å². The molecule has 0 amide bonds. The molecule has 0 atom stereocenters. The first kappa shape index (κ1) is 11.9. The highest BCUT2D eigenvalue weighted by Crippen LogP contribution is 2.30. The molecule has 18 heavy (non-hydrogen) atoms. The Bertz CT molecular complexity index is 688. The van der Waals surface area contributed by atoms with Gasteiger partial charge in [0, 0.05) is 21.0 Å². The zero-order valence-corrected chi connectivity index (χ0v) is 12.3. The molecule has 0 aliphatic carbocycles. The van der Waals surface area contributed by atoms with E-state index in [0.717, 1.165) is 4.47 Å². The normalized spacial score (nSPS) is 11.0. The first-order chi connectivity index (χ1) is 8.74. The summed E-state index contributed by atoms with van der Waals surface area (Å²) in [4.78, 5) is 1.24. The second-order valence-electron chi connectivity index (χ2n) is 4.20. The van der Waals surface area contributed by atoms with Gasteiger partial charge in [0.1, 0.15) is 0 Å². The first-order valence-electron chi connectivity index (χ1n) is 5.74. The molecular weight excluding hydrogens is 306 g/mol. The Balaban J connectivity index is 2.08. The van der Waals surface area contributed by atoms with Gasteiger partial charge in [0.15, 0.2) is 0 Å². The van der Waals surface area contributed by atoms with Gasteiger partial charge in [0.2, 0.25) is 0 Å². The maximum Gasteiger partial charge on any atom is 0.0608 e. The van der Waals surface area contributed by atoms with Crippen molar-refractivity contribution in [1.82, 2.24) is 3.97 Å². The molecule has 0 saturated heterocycles. The summed E-state index contributed by atoms with van der Waals surface area (Å²) in [6, 6.07) is 16.9. The predicted molar refractivity (Wildman–Crippen MR) is 82.1 cm³/mol. The highest BCUT2D eigenvalue weighted by Gasteiger charge is 2.06. The Morgan fingerprint density at radius 1 is 1.06 bits per heavy atom. The molecule has 0 spiro atoms. The van der Waals surface area contributed by atoms with Crippen molar-refractivity contribution in [3.8, 4) is 0 Å². The van der Waals surface area contributed by atoms with Crippen LogP contribution in [0.2, 0.25) is 0 Å². The third-order valence-corrected chi connectivity index (χ3v) is 4.35. The van der Waals surface area contributed by atoms with Crippen LogP contribution in [0.3, 0.4) is 0 Å². The Morgan fingerprint density at radius 3 is 2.61 bits per heavy atom. The number of hydrogen-bond donors (Lipinski definition) is 0. The molecule has 0 N–H and O–H groups in total. The van der Waals surface area contributed by atoms with E-state index in [-0.39, 0.29) is 0 Å². The van der Waals surface area contributed by atoms with E-state index in [1.165, 1.54) is 21.4 Å². The molecule has 3 rings (SSSR count). The van der Waals surface area contributed by atoms with E-state index in [1.807, 2.05) is 6.07 Å². The van der Waals surface area contributed by atoms with E-state index < -0.39 is 0 Å². The Kier molecular flexibility index (Phi) is 3.18. The van der Waals surface area contributed by atoms with E-state index in [2.05, 4.69) is 75.5 Å². The maximum atomic E-state index is 3.56. The molecule has 3 aromatic rings. The van der Waals surface area contributed by atoms with Crippen LogP contribution in [-0.2, 0) is 0 Å². The molecule has 0 aliphatic heterocycles. The lowest BCUT2D eigenvalue weighted by atomic mass is 10.1. The van der Waals surface area contributed by atoms with Gasteiger partial charge in [-0.15, -0.1) is 0 Å². The van der Waals surface area contributed by atoms with E-state index in [4.69, 9.17) is 0 Å². The lowest BCUT2D eigenvalue weighted by Crippen LogP contribution is -1.85. The summed E-state index contributed by atoms with van der Waals surface area (Å²) in [5.74, 6) is 0. The lowest BCUT2D eigenvalue weighted by molar-refractivity contribution is 1.31. The zero-order valence-electron chi connectivity index (χ0n) is 9.93. The molecule has 90 valence electrons. The molecule has 0 fully saturated rings. The number of benzene rings is 2. The van der Waals surface area contributed by atoms with Gasteiger partial charge in [0.25, 0.3) is 0 Å². The lowest BCUT2D eigenvalue weighted by Gasteiger charge is -2.05. The third kappa shape index (κ3) is 2.20. The van der Waals surface area contributed by atoms with Crippen molar-refractivity contribution in [2.24, 2.45) is 0 Å². The number of aryl methyl sites for hydroxylation is 1. The smallest absolute Gasteiger partial charge is 0.0608 e. The summed E-state index contributed by atoms with van der Waals surface area (Å²) in [6.45, 7) is 2.14. The van der Waals surface area contributed by atoms with Crippen molar-refractivity contribution in [2.45, 2.75) is 11.8 Å². The van der Waals surface area contributed by atoms with Crippen LogP contribution in [0.15, 0.2) is 64.1 Å². The Hall–Kier alpha value is -1.19. The summed E-state index contributed by atoms with van der Waals surface area (Å²) in [5, 5.41) is 1.31. The maximum absolute atomic E-state index is 3.56. The minimum absolute atomic E-state index is 1.13. The Labute approximate surface area is 119 Å². The van der Waals surface area contributed by atoms with Gasteiger partial charge < -0.3 is 0 Å². The summed E-state index contributed by atoms with van der Waals surface area (Å²) >= 11 is 5.30. The number of aromatic nitrogens is 1. The number of fused-ring (bicyclic) bond motifs is 1. The molecule has 1 nitrogen and oxygen atoms in total. The Morgan fingerprint density at radius 2 is 1.83 bits per heavy atom. The van der Waals surface area contributed by atoms with Crippen molar-refractivity contribution in [3.63, 3.8) is 0 Å². The monoisotopic (exact) mass is 317 g/mol. The highest BCUT2D eigenvalue weighted by molar-refractivity contribution is 9.10. The summed E-state index contributed by atoms with van der Waals surface area (Å²) in [7, 11) is 0. The van der Waals surface area contributed by atoms with Crippen LogP contribution >= 0.6 is 27.9 Å². The zero-order chi connectivity index (χ0) is 12.5. The van der Waals surface area contributed by atoms with Gasteiger partial charge in [-0.25, -0.2) is 0 Å². The molecule has 3 heteroatoms. The van der Waals surface area contributed by atoms with Crippen LogP contribution in [0.1, 0.15) is 5.56 Å². The van der Waals surface area contributed by atoms with Gasteiger partial charge in [-0.2, -0.15) is 0 Å². The van der Waals surface area contributed by atoms with Crippen LogP contribution < -0.4 is 0 Å². The van der Waals surface area contributed by atoms with Crippen LogP contribution in [0.4, 0.5) is 0 Å². The summed E-state index contributed by atoms with van der Waals surface area (Å²) in [5.41, 5.74) is 2.54. The fraction of sp³-hybridized carbons (Fsp3) is 0.0667. The molecule has 0 aliphatic rings. The van der Waals surface area contributed by atoms with Crippen molar-refractivity contribution < 1.29 is 0 Å².